The second-order valence-electron chi connectivity index (χ2n) is 9.74. The summed E-state index contributed by atoms with van der Waals surface area (Å²) >= 11 is 1.57. The predicted octanol–water partition coefficient (Wildman–Crippen LogP) is 2.91. The van der Waals surface area contributed by atoms with Crippen LogP contribution in [0.3, 0.4) is 0 Å². The molecule has 0 spiro atoms. The lowest BCUT2D eigenvalue weighted by atomic mass is 9.98. The predicted molar refractivity (Wildman–Crippen MR) is 135 cm³/mol. The number of aromatic nitrogens is 2. The van der Waals surface area contributed by atoms with Crippen molar-refractivity contribution < 1.29 is 14.3 Å². The number of hydrogen-bond donors (Lipinski definition) is 0. The van der Waals surface area contributed by atoms with Crippen molar-refractivity contribution in [1.82, 2.24) is 24.7 Å². The number of ether oxygens (including phenoxy) is 1. The normalized spacial score (nSPS) is 24.1. The summed E-state index contributed by atoms with van der Waals surface area (Å²) in [5.74, 6) is 1.26. The van der Waals surface area contributed by atoms with E-state index in [0.717, 1.165) is 49.8 Å². The third-order valence-corrected chi connectivity index (χ3v) is 8.09. The van der Waals surface area contributed by atoms with E-state index >= 15 is 0 Å². The Bertz CT molecular complexity index is 1010. The SMILES string of the molecule is CC1CN(C(=O)c2csc(C3CCN(C(=O)N4CCN(c5ccccn5)CC4)CC3)n2)CC(C)O1. The van der Waals surface area contributed by atoms with E-state index in [1.807, 2.05) is 58.3 Å². The Morgan fingerprint density at radius 3 is 2.29 bits per heavy atom. The summed E-state index contributed by atoms with van der Waals surface area (Å²) in [6.07, 6.45) is 3.65. The minimum atomic E-state index is -0.00745. The molecule has 10 heteroatoms. The fraction of sp³-hybridized carbons (Fsp3) is 0.600. The Kier molecular flexibility index (Phi) is 7.19. The minimum Gasteiger partial charge on any atom is -0.372 e. The molecule has 3 aliphatic rings. The van der Waals surface area contributed by atoms with Gasteiger partial charge in [-0.15, -0.1) is 11.3 Å². The summed E-state index contributed by atoms with van der Waals surface area (Å²) in [6.45, 7) is 9.69. The van der Waals surface area contributed by atoms with Crippen LogP contribution in [0.25, 0.3) is 0 Å². The Labute approximate surface area is 210 Å². The molecule has 35 heavy (non-hydrogen) atoms. The molecule has 0 aromatic carbocycles. The zero-order chi connectivity index (χ0) is 24.4. The average molecular weight is 499 g/mol. The molecule has 9 nitrogen and oxygen atoms in total. The van der Waals surface area contributed by atoms with Gasteiger partial charge in [0.2, 0.25) is 0 Å². The van der Waals surface area contributed by atoms with Gasteiger partial charge in [-0.25, -0.2) is 14.8 Å². The number of rotatable bonds is 3. The van der Waals surface area contributed by atoms with E-state index in [-0.39, 0.29) is 24.1 Å². The quantitative estimate of drug-likeness (QED) is 0.647. The molecule has 2 unspecified atom stereocenters. The second-order valence-corrected chi connectivity index (χ2v) is 10.6. The lowest BCUT2D eigenvalue weighted by Crippen LogP contribution is -2.54. The molecule has 3 aliphatic heterocycles. The third-order valence-electron chi connectivity index (χ3n) is 7.09. The topological polar surface area (TPSA) is 82.1 Å². The first-order valence-corrected chi connectivity index (χ1v) is 13.5. The fourth-order valence-electron chi connectivity index (χ4n) is 5.26. The maximum atomic E-state index is 13.1. The molecule has 0 bridgehead atoms. The molecule has 2 aromatic heterocycles. The van der Waals surface area contributed by atoms with Crippen LogP contribution >= 0.6 is 11.3 Å². The standard InChI is InChI=1S/C25H34N6O3S/c1-18-15-31(16-19(2)34-18)24(32)21-17-35-23(27-21)20-6-9-29(10-7-20)25(33)30-13-11-28(12-14-30)22-5-3-4-8-26-22/h3-5,8,17-20H,6-7,9-16H2,1-2H3. The summed E-state index contributed by atoms with van der Waals surface area (Å²) in [6, 6.07) is 6.06. The maximum absolute atomic E-state index is 13.1. The van der Waals surface area contributed by atoms with Crippen molar-refractivity contribution in [3.05, 3.63) is 40.5 Å². The van der Waals surface area contributed by atoms with Crippen LogP contribution in [-0.2, 0) is 4.74 Å². The molecule has 3 amide bonds. The maximum Gasteiger partial charge on any atom is 0.320 e. The van der Waals surface area contributed by atoms with Gasteiger partial charge in [0, 0.05) is 69.9 Å². The van der Waals surface area contributed by atoms with Crippen LogP contribution in [0.15, 0.2) is 29.8 Å². The molecule has 188 valence electrons. The fourth-order valence-corrected chi connectivity index (χ4v) is 6.23. The summed E-state index contributed by atoms with van der Waals surface area (Å²) in [4.78, 5) is 43.2. The largest absolute Gasteiger partial charge is 0.372 e. The highest BCUT2D eigenvalue weighted by Crippen LogP contribution is 2.31. The molecule has 3 fully saturated rings. The van der Waals surface area contributed by atoms with Gasteiger partial charge in [0.15, 0.2) is 0 Å². The molecule has 3 saturated heterocycles. The van der Waals surface area contributed by atoms with Gasteiger partial charge in [0.25, 0.3) is 5.91 Å². The van der Waals surface area contributed by atoms with Crippen LogP contribution < -0.4 is 4.90 Å². The monoisotopic (exact) mass is 498 g/mol. The van der Waals surface area contributed by atoms with Crippen LogP contribution in [-0.4, -0.2) is 101 Å². The van der Waals surface area contributed by atoms with Crippen molar-refractivity contribution >= 4 is 29.1 Å². The molecule has 0 saturated carbocycles. The van der Waals surface area contributed by atoms with E-state index in [0.29, 0.717) is 37.8 Å². The number of piperazine rings is 1. The number of piperidine rings is 1. The highest BCUT2D eigenvalue weighted by atomic mass is 32.1. The van der Waals surface area contributed by atoms with Gasteiger partial charge in [-0.3, -0.25) is 4.79 Å². The van der Waals surface area contributed by atoms with Crippen LogP contribution in [0.1, 0.15) is 48.1 Å². The number of anilines is 1. The number of carbonyl (C=O) groups excluding carboxylic acids is 2. The number of likely N-dealkylation sites (tertiary alicyclic amines) is 1. The van der Waals surface area contributed by atoms with E-state index in [1.54, 1.807) is 11.3 Å². The molecular weight excluding hydrogens is 464 g/mol. The number of pyridine rings is 1. The van der Waals surface area contributed by atoms with Gasteiger partial charge in [-0.05, 0) is 38.8 Å². The van der Waals surface area contributed by atoms with Crippen LogP contribution in [0.5, 0.6) is 0 Å². The number of hydrogen-bond acceptors (Lipinski definition) is 7. The molecule has 2 aromatic rings. The molecule has 0 radical (unpaired) electrons. The number of amides is 3. The number of nitrogens with zero attached hydrogens (tertiary/aromatic N) is 6. The van der Waals surface area contributed by atoms with Gasteiger partial charge < -0.3 is 24.3 Å². The summed E-state index contributed by atoms with van der Waals surface area (Å²) in [5.41, 5.74) is 0.538. The van der Waals surface area contributed by atoms with Crippen molar-refractivity contribution in [3.63, 3.8) is 0 Å². The first-order chi connectivity index (χ1) is 17.0. The lowest BCUT2D eigenvalue weighted by Gasteiger charge is -2.39. The van der Waals surface area contributed by atoms with Crippen molar-refractivity contribution in [3.8, 4) is 0 Å². The first kappa shape index (κ1) is 24.0. The van der Waals surface area contributed by atoms with Gasteiger partial charge in [-0.1, -0.05) is 6.07 Å². The van der Waals surface area contributed by atoms with E-state index in [9.17, 15) is 9.59 Å². The Hall–Kier alpha value is -2.72. The summed E-state index contributed by atoms with van der Waals surface area (Å²) in [5, 5.41) is 2.90. The zero-order valence-electron chi connectivity index (χ0n) is 20.5. The minimum absolute atomic E-state index is 0.00745. The molecular formula is C25H34N6O3S. The van der Waals surface area contributed by atoms with Crippen LogP contribution in [0, 0.1) is 0 Å². The summed E-state index contributed by atoms with van der Waals surface area (Å²) < 4.78 is 5.75. The van der Waals surface area contributed by atoms with Crippen molar-refractivity contribution in [1.29, 1.82) is 0 Å². The first-order valence-electron chi connectivity index (χ1n) is 12.6. The third kappa shape index (κ3) is 5.43. The Morgan fingerprint density at radius 1 is 0.943 bits per heavy atom. The highest BCUT2D eigenvalue weighted by molar-refractivity contribution is 7.09. The Balaban J connectivity index is 1.11. The van der Waals surface area contributed by atoms with Crippen molar-refractivity contribution in [2.75, 3.05) is 57.3 Å². The van der Waals surface area contributed by atoms with E-state index in [2.05, 4.69) is 9.88 Å². The van der Waals surface area contributed by atoms with Crippen LogP contribution in [0.2, 0.25) is 0 Å². The number of morpholine rings is 1. The highest BCUT2D eigenvalue weighted by Gasteiger charge is 2.32. The molecule has 2 atom stereocenters. The number of thiazole rings is 1. The second kappa shape index (κ2) is 10.5. The van der Waals surface area contributed by atoms with E-state index in [4.69, 9.17) is 9.72 Å². The summed E-state index contributed by atoms with van der Waals surface area (Å²) in [7, 11) is 0. The van der Waals surface area contributed by atoms with Gasteiger partial charge in [-0.2, -0.15) is 0 Å². The van der Waals surface area contributed by atoms with Gasteiger partial charge in [0.05, 0.1) is 17.2 Å². The number of carbonyl (C=O) groups is 2. The molecule has 5 heterocycles. The zero-order valence-corrected chi connectivity index (χ0v) is 21.3. The molecule has 0 N–H and O–H groups in total. The average Bonchev–Trinajstić information content (AvgIpc) is 3.38. The number of urea groups is 1. The van der Waals surface area contributed by atoms with Gasteiger partial charge >= 0.3 is 6.03 Å². The van der Waals surface area contributed by atoms with E-state index < -0.39 is 0 Å². The van der Waals surface area contributed by atoms with Crippen molar-refractivity contribution in [2.24, 2.45) is 0 Å². The van der Waals surface area contributed by atoms with Crippen LogP contribution in [0.4, 0.5) is 10.6 Å². The van der Waals surface area contributed by atoms with Crippen molar-refractivity contribution in [2.45, 2.75) is 44.8 Å². The van der Waals surface area contributed by atoms with E-state index in [1.165, 1.54) is 0 Å². The Morgan fingerprint density at radius 2 is 1.63 bits per heavy atom. The smallest absolute Gasteiger partial charge is 0.320 e. The lowest BCUT2D eigenvalue weighted by molar-refractivity contribution is -0.0587. The molecule has 5 rings (SSSR count). The molecule has 0 aliphatic carbocycles. The van der Waals surface area contributed by atoms with Gasteiger partial charge in [0.1, 0.15) is 11.5 Å².